The highest BCUT2D eigenvalue weighted by molar-refractivity contribution is 5.85. The Kier molecular flexibility index (Phi) is 6.02. The topological polar surface area (TPSA) is 63.3 Å². The fourth-order valence-corrected chi connectivity index (χ4v) is 0.101. The first kappa shape index (κ1) is 10.4. The average molecular weight is 138 g/mol. The number of carboxylic acids is 1. The second-order valence-electron chi connectivity index (χ2n) is 1.10. The normalized spacial score (nSPS) is 11.1. The monoisotopic (exact) mass is 137 g/mol. The van der Waals surface area contributed by atoms with Crippen molar-refractivity contribution in [3.63, 3.8) is 0 Å². The molecule has 1 atom stereocenters. The summed E-state index contributed by atoms with van der Waals surface area (Å²) < 4.78 is 0. The van der Waals surface area contributed by atoms with E-state index in [-0.39, 0.29) is 12.4 Å². The van der Waals surface area contributed by atoms with Crippen LogP contribution in [-0.2, 0) is 4.79 Å². The van der Waals surface area contributed by atoms with E-state index in [1.807, 2.05) is 0 Å². The standard InChI is InChI=1S/C4H7NO2.ClH/c1-2-3(5)4(6)7;/h2-3H,1,5H2,(H,6,7);1H/t3-;/m0./s1. The molecule has 0 heterocycles. The van der Waals surface area contributed by atoms with Gasteiger partial charge >= 0.3 is 5.97 Å². The lowest BCUT2D eigenvalue weighted by molar-refractivity contribution is -0.137. The Morgan fingerprint density at radius 1 is 1.88 bits per heavy atom. The van der Waals surface area contributed by atoms with Gasteiger partial charge in [-0.25, -0.2) is 0 Å². The van der Waals surface area contributed by atoms with Gasteiger partial charge in [-0.15, -0.1) is 19.0 Å². The van der Waals surface area contributed by atoms with Crippen molar-refractivity contribution in [2.45, 2.75) is 6.04 Å². The van der Waals surface area contributed by atoms with E-state index in [9.17, 15) is 4.79 Å². The third-order valence-electron chi connectivity index (χ3n) is 0.539. The first-order valence-electron chi connectivity index (χ1n) is 1.79. The van der Waals surface area contributed by atoms with Gasteiger partial charge in [0.1, 0.15) is 6.04 Å². The lowest BCUT2D eigenvalue weighted by Crippen LogP contribution is -2.26. The van der Waals surface area contributed by atoms with E-state index in [0.29, 0.717) is 0 Å². The van der Waals surface area contributed by atoms with Crippen molar-refractivity contribution >= 4 is 18.4 Å². The largest absolute Gasteiger partial charge is 0.480 e. The molecule has 0 fully saturated rings. The number of carboxylic acid groups (broad SMARTS) is 1. The fraction of sp³-hybridized carbons (Fsp3) is 0.250. The molecule has 0 aliphatic heterocycles. The molecule has 3 N–H and O–H groups in total. The molecule has 0 bridgehead atoms. The van der Waals surface area contributed by atoms with Crippen molar-refractivity contribution in [1.82, 2.24) is 0 Å². The molecule has 0 spiro atoms. The van der Waals surface area contributed by atoms with Crippen molar-refractivity contribution in [3.05, 3.63) is 12.7 Å². The second-order valence-corrected chi connectivity index (χ2v) is 1.10. The Morgan fingerprint density at radius 3 is 2.25 bits per heavy atom. The smallest absolute Gasteiger partial charge is 0.324 e. The SMILES string of the molecule is C=C[C@H](N)C(=O)O.Cl. The zero-order chi connectivity index (χ0) is 5.86. The number of hydrogen-bond donors (Lipinski definition) is 2. The highest BCUT2D eigenvalue weighted by Crippen LogP contribution is 1.74. The lowest BCUT2D eigenvalue weighted by atomic mass is 10.3. The van der Waals surface area contributed by atoms with Gasteiger partial charge in [0.05, 0.1) is 0 Å². The summed E-state index contributed by atoms with van der Waals surface area (Å²) >= 11 is 0. The average Bonchev–Trinajstić information content (AvgIpc) is 1.65. The van der Waals surface area contributed by atoms with E-state index >= 15 is 0 Å². The van der Waals surface area contributed by atoms with Crippen LogP contribution in [0.5, 0.6) is 0 Å². The molecule has 0 aromatic rings. The van der Waals surface area contributed by atoms with E-state index in [4.69, 9.17) is 10.8 Å². The fourth-order valence-electron chi connectivity index (χ4n) is 0.101. The van der Waals surface area contributed by atoms with Gasteiger partial charge in [-0.05, 0) is 0 Å². The molecule has 4 heteroatoms. The van der Waals surface area contributed by atoms with Gasteiger partial charge in [0.2, 0.25) is 0 Å². The number of rotatable bonds is 2. The van der Waals surface area contributed by atoms with Crippen LogP contribution in [0, 0.1) is 0 Å². The summed E-state index contributed by atoms with van der Waals surface area (Å²) in [6.45, 7) is 3.18. The van der Waals surface area contributed by atoms with Gasteiger partial charge in [-0.2, -0.15) is 0 Å². The van der Waals surface area contributed by atoms with Crippen LogP contribution in [0.15, 0.2) is 12.7 Å². The Bertz CT molecular complexity index is 94.0. The molecule has 0 amide bonds. The van der Waals surface area contributed by atoms with Gasteiger partial charge in [0.15, 0.2) is 0 Å². The molecule has 0 saturated heterocycles. The van der Waals surface area contributed by atoms with Gasteiger partial charge in [-0.3, -0.25) is 4.79 Å². The molecular weight excluding hydrogens is 130 g/mol. The molecule has 0 aromatic carbocycles. The highest BCUT2D eigenvalue weighted by atomic mass is 35.5. The number of nitrogens with two attached hydrogens (primary N) is 1. The van der Waals surface area contributed by atoms with Crippen molar-refractivity contribution in [2.75, 3.05) is 0 Å². The molecule has 0 saturated carbocycles. The maximum atomic E-state index is 9.73. The third-order valence-corrected chi connectivity index (χ3v) is 0.539. The van der Waals surface area contributed by atoms with E-state index in [0.717, 1.165) is 0 Å². The quantitative estimate of drug-likeness (QED) is 0.527. The van der Waals surface area contributed by atoms with Gasteiger partial charge < -0.3 is 10.8 Å². The molecular formula is C4H8ClNO2. The summed E-state index contributed by atoms with van der Waals surface area (Å²) in [7, 11) is 0. The van der Waals surface area contributed by atoms with E-state index < -0.39 is 12.0 Å². The molecule has 8 heavy (non-hydrogen) atoms. The van der Waals surface area contributed by atoms with Crippen molar-refractivity contribution in [1.29, 1.82) is 0 Å². The van der Waals surface area contributed by atoms with Crippen LogP contribution in [0.4, 0.5) is 0 Å². The molecule has 0 aliphatic carbocycles. The predicted molar refractivity (Wildman–Crippen MR) is 33.1 cm³/mol. The minimum absolute atomic E-state index is 0. The van der Waals surface area contributed by atoms with Crippen LogP contribution in [0.1, 0.15) is 0 Å². The molecule has 0 rings (SSSR count). The number of carbonyl (C=O) groups is 1. The van der Waals surface area contributed by atoms with Crippen LogP contribution in [0.3, 0.4) is 0 Å². The summed E-state index contributed by atoms with van der Waals surface area (Å²) in [5.41, 5.74) is 4.90. The van der Waals surface area contributed by atoms with Crippen LogP contribution in [-0.4, -0.2) is 17.1 Å². The van der Waals surface area contributed by atoms with E-state index in [2.05, 4.69) is 6.58 Å². The van der Waals surface area contributed by atoms with Crippen LogP contribution in [0.25, 0.3) is 0 Å². The number of halogens is 1. The second kappa shape index (κ2) is 4.61. The Balaban J connectivity index is 0. The van der Waals surface area contributed by atoms with E-state index in [1.165, 1.54) is 6.08 Å². The molecule has 48 valence electrons. The maximum absolute atomic E-state index is 9.73. The van der Waals surface area contributed by atoms with Crippen molar-refractivity contribution < 1.29 is 9.90 Å². The van der Waals surface area contributed by atoms with Gasteiger partial charge in [0, 0.05) is 0 Å². The van der Waals surface area contributed by atoms with Gasteiger partial charge in [0.25, 0.3) is 0 Å². The minimum atomic E-state index is -1.05. The highest BCUT2D eigenvalue weighted by Gasteiger charge is 2.02. The first-order valence-corrected chi connectivity index (χ1v) is 1.79. The Labute approximate surface area is 53.6 Å². The first-order chi connectivity index (χ1) is 3.18. The molecule has 0 aromatic heterocycles. The summed E-state index contributed by atoms with van der Waals surface area (Å²) in [6.07, 6.45) is 1.17. The van der Waals surface area contributed by atoms with Crippen LogP contribution in [0.2, 0.25) is 0 Å². The predicted octanol–water partition coefficient (Wildman–Crippen LogP) is 0.00610. The summed E-state index contributed by atoms with van der Waals surface area (Å²) in [5, 5.41) is 7.99. The number of hydrogen-bond acceptors (Lipinski definition) is 2. The molecule has 3 nitrogen and oxygen atoms in total. The summed E-state index contributed by atoms with van der Waals surface area (Å²) in [4.78, 5) is 9.73. The Hall–Kier alpha value is -0.540. The third kappa shape index (κ3) is 3.64. The number of aliphatic carboxylic acids is 1. The van der Waals surface area contributed by atoms with Crippen LogP contribution >= 0.6 is 12.4 Å². The summed E-state index contributed by atoms with van der Waals surface area (Å²) in [6, 6.07) is -0.917. The molecule has 0 aliphatic rings. The van der Waals surface area contributed by atoms with Crippen LogP contribution < -0.4 is 5.73 Å². The molecule has 0 unspecified atom stereocenters. The Morgan fingerprint density at radius 2 is 2.25 bits per heavy atom. The summed E-state index contributed by atoms with van der Waals surface area (Å²) in [5.74, 6) is -1.05. The maximum Gasteiger partial charge on any atom is 0.324 e. The molecule has 0 radical (unpaired) electrons. The minimum Gasteiger partial charge on any atom is -0.480 e. The zero-order valence-electron chi connectivity index (χ0n) is 4.20. The zero-order valence-corrected chi connectivity index (χ0v) is 5.02. The van der Waals surface area contributed by atoms with E-state index in [1.54, 1.807) is 0 Å². The van der Waals surface area contributed by atoms with Crippen molar-refractivity contribution in [2.24, 2.45) is 5.73 Å². The van der Waals surface area contributed by atoms with Gasteiger partial charge in [-0.1, -0.05) is 6.08 Å². The lowest BCUT2D eigenvalue weighted by Gasteiger charge is -1.92. The van der Waals surface area contributed by atoms with Crippen molar-refractivity contribution in [3.8, 4) is 0 Å².